The predicted molar refractivity (Wildman–Crippen MR) is 85.8 cm³/mol. The lowest BCUT2D eigenvalue weighted by Crippen LogP contribution is -2.54. The largest absolute Gasteiger partial charge is 0.332 e. The first-order chi connectivity index (χ1) is 9.99. The number of rotatable bonds is 4. The van der Waals surface area contributed by atoms with Crippen molar-refractivity contribution in [3.63, 3.8) is 0 Å². The Bertz CT molecular complexity index is 460. The molecule has 0 aliphatic carbocycles. The number of likely N-dealkylation sites (N-methyl/N-ethyl adjacent to an activating group) is 1. The van der Waals surface area contributed by atoms with Gasteiger partial charge in [0.25, 0.3) is 0 Å². The van der Waals surface area contributed by atoms with Crippen molar-refractivity contribution in [3.8, 4) is 0 Å². The smallest absolute Gasteiger partial charge is 0.240 e. The number of nitrogens with zero attached hydrogens (tertiary/aromatic N) is 2. The van der Waals surface area contributed by atoms with Gasteiger partial charge in [-0.25, -0.2) is 0 Å². The Balaban J connectivity index is 2.17. The van der Waals surface area contributed by atoms with E-state index in [1.54, 1.807) is 0 Å². The van der Waals surface area contributed by atoms with E-state index in [1.165, 1.54) is 5.56 Å². The molecule has 4 nitrogen and oxygen atoms in total. The molecular weight excluding hydrogens is 262 g/mol. The van der Waals surface area contributed by atoms with Gasteiger partial charge in [0, 0.05) is 19.6 Å². The Labute approximate surface area is 127 Å². The minimum Gasteiger partial charge on any atom is -0.332 e. The van der Waals surface area contributed by atoms with Crippen LogP contribution >= 0.6 is 0 Å². The van der Waals surface area contributed by atoms with Gasteiger partial charge in [0.2, 0.25) is 5.91 Å². The lowest BCUT2D eigenvalue weighted by molar-refractivity contribution is -0.138. The molecule has 2 N–H and O–H groups in total. The average Bonchev–Trinajstić information content (AvgIpc) is 2.46. The van der Waals surface area contributed by atoms with E-state index in [4.69, 9.17) is 5.73 Å². The Morgan fingerprint density at radius 1 is 1.29 bits per heavy atom. The molecule has 1 aromatic carbocycles. The third-order valence-electron chi connectivity index (χ3n) is 4.09. The number of carbonyl (C=O) groups is 1. The molecule has 0 saturated carbocycles. The topological polar surface area (TPSA) is 49.6 Å². The molecule has 1 amide bonds. The molecule has 0 spiro atoms. The summed E-state index contributed by atoms with van der Waals surface area (Å²) in [5, 5.41) is 0. The van der Waals surface area contributed by atoms with Crippen LogP contribution in [-0.2, 0) is 4.79 Å². The van der Waals surface area contributed by atoms with Crippen LogP contribution in [0.4, 0.5) is 0 Å². The summed E-state index contributed by atoms with van der Waals surface area (Å²) >= 11 is 0. The highest BCUT2D eigenvalue weighted by Crippen LogP contribution is 2.25. The normalized spacial score (nSPS) is 21.6. The van der Waals surface area contributed by atoms with Gasteiger partial charge >= 0.3 is 0 Å². The molecule has 1 fully saturated rings. The van der Waals surface area contributed by atoms with Crippen LogP contribution in [0.2, 0.25) is 0 Å². The van der Waals surface area contributed by atoms with E-state index >= 15 is 0 Å². The minimum absolute atomic E-state index is 0.0886. The molecule has 116 valence electrons. The molecule has 1 saturated heterocycles. The highest BCUT2D eigenvalue weighted by Gasteiger charge is 2.32. The number of hydrogen-bond donors (Lipinski definition) is 1. The van der Waals surface area contributed by atoms with E-state index < -0.39 is 0 Å². The molecule has 2 rings (SSSR count). The summed E-state index contributed by atoms with van der Waals surface area (Å²) in [5.74, 6) is 0.525. The van der Waals surface area contributed by atoms with E-state index in [9.17, 15) is 4.79 Å². The van der Waals surface area contributed by atoms with Gasteiger partial charge in [0.15, 0.2) is 0 Å². The highest BCUT2D eigenvalue weighted by molar-refractivity contribution is 5.82. The number of carbonyl (C=O) groups excluding carboxylic acids is 1. The Morgan fingerprint density at radius 3 is 2.57 bits per heavy atom. The van der Waals surface area contributed by atoms with E-state index in [0.717, 1.165) is 26.1 Å². The first-order valence-corrected chi connectivity index (χ1v) is 7.78. The van der Waals surface area contributed by atoms with E-state index in [-0.39, 0.29) is 18.0 Å². The molecule has 1 unspecified atom stereocenters. The number of benzene rings is 1. The first kappa shape index (κ1) is 16.0. The SMILES string of the molecule is CC(C)C[C@H](N)C(=O)N1CCN(C)CC1c1ccccc1. The zero-order valence-corrected chi connectivity index (χ0v) is 13.3. The van der Waals surface area contributed by atoms with Gasteiger partial charge < -0.3 is 15.5 Å². The standard InChI is InChI=1S/C17H27N3O/c1-13(2)11-15(18)17(21)20-10-9-19(3)12-16(20)14-7-5-4-6-8-14/h4-8,13,15-16H,9-12,18H2,1-3H3/t15-,16?/m0/s1. The van der Waals surface area contributed by atoms with E-state index in [0.29, 0.717) is 5.92 Å². The van der Waals surface area contributed by atoms with Crippen molar-refractivity contribution in [3.05, 3.63) is 35.9 Å². The summed E-state index contributed by atoms with van der Waals surface area (Å²) in [6.07, 6.45) is 0.743. The zero-order chi connectivity index (χ0) is 15.4. The van der Waals surface area contributed by atoms with Crippen LogP contribution in [0.15, 0.2) is 30.3 Å². The van der Waals surface area contributed by atoms with Crippen LogP contribution in [0.3, 0.4) is 0 Å². The van der Waals surface area contributed by atoms with Crippen molar-refractivity contribution in [1.29, 1.82) is 0 Å². The van der Waals surface area contributed by atoms with Crippen molar-refractivity contribution in [2.45, 2.75) is 32.4 Å². The zero-order valence-electron chi connectivity index (χ0n) is 13.3. The van der Waals surface area contributed by atoms with Crippen LogP contribution in [-0.4, -0.2) is 48.4 Å². The summed E-state index contributed by atoms with van der Waals surface area (Å²) in [5.41, 5.74) is 7.31. The quantitative estimate of drug-likeness (QED) is 0.920. The van der Waals surface area contributed by atoms with Crippen LogP contribution in [0, 0.1) is 5.92 Å². The van der Waals surface area contributed by atoms with Crippen LogP contribution < -0.4 is 5.73 Å². The molecule has 1 aliphatic heterocycles. The molecule has 1 heterocycles. The van der Waals surface area contributed by atoms with Crippen molar-refractivity contribution >= 4 is 5.91 Å². The lowest BCUT2D eigenvalue weighted by atomic mass is 9.99. The molecule has 0 radical (unpaired) electrons. The van der Waals surface area contributed by atoms with Gasteiger partial charge in [-0.15, -0.1) is 0 Å². The second kappa shape index (κ2) is 7.05. The fourth-order valence-electron chi connectivity index (χ4n) is 2.97. The van der Waals surface area contributed by atoms with Crippen LogP contribution in [0.25, 0.3) is 0 Å². The Hall–Kier alpha value is -1.39. The van der Waals surface area contributed by atoms with Gasteiger partial charge in [-0.1, -0.05) is 44.2 Å². The summed E-state index contributed by atoms with van der Waals surface area (Å²) in [7, 11) is 2.10. The summed E-state index contributed by atoms with van der Waals surface area (Å²) in [6.45, 7) is 6.73. The second-order valence-corrected chi connectivity index (χ2v) is 6.46. The van der Waals surface area contributed by atoms with Gasteiger partial charge in [-0.3, -0.25) is 4.79 Å². The summed E-state index contributed by atoms with van der Waals surface area (Å²) in [6, 6.07) is 9.97. The maximum atomic E-state index is 12.7. The molecule has 1 aromatic rings. The number of amides is 1. The minimum atomic E-state index is -0.389. The second-order valence-electron chi connectivity index (χ2n) is 6.46. The van der Waals surface area contributed by atoms with Crippen molar-refractivity contribution in [1.82, 2.24) is 9.80 Å². The molecule has 2 atom stereocenters. The van der Waals surface area contributed by atoms with Gasteiger partial charge in [-0.05, 0) is 24.9 Å². The Morgan fingerprint density at radius 2 is 1.95 bits per heavy atom. The first-order valence-electron chi connectivity index (χ1n) is 7.78. The number of nitrogens with two attached hydrogens (primary N) is 1. The number of piperazine rings is 1. The van der Waals surface area contributed by atoms with E-state index in [1.807, 2.05) is 23.1 Å². The maximum Gasteiger partial charge on any atom is 0.240 e. The third-order valence-corrected chi connectivity index (χ3v) is 4.09. The average molecular weight is 289 g/mol. The van der Waals surface area contributed by atoms with E-state index in [2.05, 4.69) is 37.9 Å². The fraction of sp³-hybridized carbons (Fsp3) is 0.588. The summed E-state index contributed by atoms with van der Waals surface area (Å²) in [4.78, 5) is 17.0. The molecular formula is C17H27N3O. The number of hydrogen-bond acceptors (Lipinski definition) is 3. The van der Waals surface area contributed by atoms with Crippen molar-refractivity contribution < 1.29 is 4.79 Å². The van der Waals surface area contributed by atoms with Gasteiger partial charge in [0.1, 0.15) is 0 Å². The molecule has 0 bridgehead atoms. The third kappa shape index (κ3) is 4.05. The molecule has 1 aliphatic rings. The monoisotopic (exact) mass is 289 g/mol. The maximum absolute atomic E-state index is 12.7. The van der Waals surface area contributed by atoms with Crippen molar-refractivity contribution in [2.75, 3.05) is 26.7 Å². The molecule has 4 heteroatoms. The van der Waals surface area contributed by atoms with Crippen LogP contribution in [0.5, 0.6) is 0 Å². The summed E-state index contributed by atoms with van der Waals surface area (Å²) < 4.78 is 0. The van der Waals surface area contributed by atoms with Gasteiger partial charge in [-0.2, -0.15) is 0 Å². The highest BCUT2D eigenvalue weighted by atomic mass is 16.2. The van der Waals surface area contributed by atoms with Crippen LogP contribution in [0.1, 0.15) is 31.9 Å². The molecule has 0 aromatic heterocycles. The molecule has 21 heavy (non-hydrogen) atoms. The predicted octanol–water partition coefficient (Wildman–Crippen LogP) is 1.88. The lowest BCUT2D eigenvalue weighted by Gasteiger charge is -2.41. The van der Waals surface area contributed by atoms with Crippen molar-refractivity contribution in [2.24, 2.45) is 11.7 Å². The fourth-order valence-corrected chi connectivity index (χ4v) is 2.97. The van der Waals surface area contributed by atoms with Gasteiger partial charge in [0.05, 0.1) is 12.1 Å². The Kier molecular flexibility index (Phi) is 5.37.